The Kier molecular flexibility index (Phi) is 6.84. The molecule has 178 valence electrons. The van der Waals surface area contributed by atoms with Gasteiger partial charge in [-0.15, -0.1) is 6.42 Å². The molecule has 4 rings (SSSR count). The van der Waals surface area contributed by atoms with Crippen LogP contribution in [0, 0.1) is 29.9 Å². The quantitative estimate of drug-likeness (QED) is 0.499. The van der Waals surface area contributed by atoms with Crippen LogP contribution >= 0.6 is 11.3 Å². The Bertz CT molecular complexity index is 1450. The fraction of sp³-hybridized carbons (Fsp3) is 0.304. The number of sulfonamides is 1. The van der Waals surface area contributed by atoms with Crippen molar-refractivity contribution in [3.63, 3.8) is 0 Å². The van der Waals surface area contributed by atoms with Crippen molar-refractivity contribution >= 4 is 37.5 Å². The Morgan fingerprint density at radius 2 is 2.03 bits per heavy atom. The van der Waals surface area contributed by atoms with E-state index in [4.69, 9.17) is 11.2 Å². The van der Waals surface area contributed by atoms with Gasteiger partial charge in [-0.25, -0.2) is 17.2 Å². The van der Waals surface area contributed by atoms with Gasteiger partial charge in [0.05, 0.1) is 34.7 Å². The normalized spacial score (nSPS) is 17.6. The van der Waals surface area contributed by atoms with Crippen molar-refractivity contribution in [2.75, 3.05) is 20.2 Å². The average molecular weight is 506 g/mol. The highest BCUT2D eigenvalue weighted by atomic mass is 32.2. The molecule has 0 N–H and O–H groups in total. The summed E-state index contributed by atoms with van der Waals surface area (Å²) >= 11 is 0.947. The zero-order valence-corrected chi connectivity index (χ0v) is 19.8. The number of nitrogens with zero attached hydrogens (tertiary/aromatic N) is 3. The summed E-state index contributed by atoms with van der Waals surface area (Å²) in [5.74, 6) is 0.168. The van der Waals surface area contributed by atoms with Crippen LogP contribution in [-0.4, -0.2) is 43.4 Å². The fourth-order valence-electron chi connectivity index (χ4n) is 3.90. The lowest BCUT2D eigenvalue weighted by Gasteiger charge is -2.30. The number of thiazole rings is 1. The summed E-state index contributed by atoms with van der Waals surface area (Å²) in [4.78, 5) is 17.4. The monoisotopic (exact) mass is 505 g/mol. The van der Waals surface area contributed by atoms with Gasteiger partial charge in [0.25, 0.3) is 5.91 Å². The van der Waals surface area contributed by atoms with Gasteiger partial charge in [0.1, 0.15) is 11.6 Å². The summed E-state index contributed by atoms with van der Waals surface area (Å²) in [7, 11) is -2.32. The number of hydrogen-bond acceptors (Lipinski definition) is 5. The zero-order chi connectivity index (χ0) is 24.5. The van der Waals surface area contributed by atoms with Gasteiger partial charge in [0.2, 0.25) is 10.0 Å². The van der Waals surface area contributed by atoms with Gasteiger partial charge in [0.15, 0.2) is 10.6 Å². The van der Waals surface area contributed by atoms with Gasteiger partial charge < -0.3 is 9.30 Å². The molecule has 0 spiro atoms. The van der Waals surface area contributed by atoms with Crippen LogP contribution in [0.25, 0.3) is 10.2 Å². The van der Waals surface area contributed by atoms with Crippen molar-refractivity contribution in [3.05, 3.63) is 52.8 Å². The molecule has 1 aliphatic rings. The number of piperidine rings is 1. The Morgan fingerprint density at radius 1 is 1.29 bits per heavy atom. The number of rotatable bonds is 5. The van der Waals surface area contributed by atoms with E-state index in [2.05, 4.69) is 10.9 Å². The lowest BCUT2D eigenvalue weighted by atomic mass is 9.99. The number of methoxy groups -OCH3 is 1. The van der Waals surface area contributed by atoms with Gasteiger partial charge in [-0.05, 0) is 43.2 Å². The third kappa shape index (κ3) is 4.61. The summed E-state index contributed by atoms with van der Waals surface area (Å²) in [6.07, 6.45) is 6.34. The molecule has 0 aliphatic carbocycles. The molecule has 1 aliphatic heterocycles. The van der Waals surface area contributed by atoms with Crippen molar-refractivity contribution in [2.45, 2.75) is 24.3 Å². The standard InChI is InChI=1S/C23H21F2N3O4S2/c1-3-10-28-21-19(25)12-16(24)13-20(21)33-23(28)26-22(29)15-5-4-11-27(14-15)34(30,31)18-8-6-17(32-2)7-9-18/h1,6-9,12-13,15H,4-5,10-11,14H2,2H3. The molecular weight excluding hydrogens is 484 g/mol. The molecule has 1 fully saturated rings. The summed E-state index contributed by atoms with van der Waals surface area (Å²) in [5, 5.41) is 0. The molecule has 1 saturated heterocycles. The number of amides is 1. The number of hydrogen-bond donors (Lipinski definition) is 0. The van der Waals surface area contributed by atoms with Crippen LogP contribution in [0.5, 0.6) is 5.75 Å². The third-order valence-corrected chi connectivity index (χ3v) is 8.49. The summed E-state index contributed by atoms with van der Waals surface area (Å²) < 4.78 is 62.2. The van der Waals surface area contributed by atoms with E-state index in [0.29, 0.717) is 18.6 Å². The molecule has 2 heterocycles. The molecule has 0 bridgehead atoms. The zero-order valence-electron chi connectivity index (χ0n) is 18.2. The van der Waals surface area contributed by atoms with Crippen LogP contribution in [0.4, 0.5) is 8.78 Å². The number of benzene rings is 2. The Hall–Kier alpha value is -3.07. The Balaban J connectivity index is 1.64. The van der Waals surface area contributed by atoms with E-state index >= 15 is 0 Å². The lowest BCUT2D eigenvalue weighted by molar-refractivity contribution is -0.122. The topological polar surface area (TPSA) is 81.0 Å². The molecule has 0 radical (unpaired) electrons. The van der Waals surface area contributed by atoms with Crippen LogP contribution < -0.4 is 9.54 Å². The second-order valence-electron chi connectivity index (χ2n) is 7.74. The Labute approximate surface area is 199 Å². The van der Waals surface area contributed by atoms with E-state index in [1.807, 2.05) is 0 Å². The number of halogens is 2. The van der Waals surface area contributed by atoms with Crippen molar-refractivity contribution < 1.29 is 26.7 Å². The first-order valence-electron chi connectivity index (χ1n) is 10.4. The van der Waals surface area contributed by atoms with Gasteiger partial charge in [-0.3, -0.25) is 4.79 Å². The molecule has 11 heteroatoms. The lowest BCUT2D eigenvalue weighted by Crippen LogP contribution is -2.42. The largest absolute Gasteiger partial charge is 0.497 e. The van der Waals surface area contributed by atoms with E-state index in [9.17, 15) is 22.0 Å². The molecule has 34 heavy (non-hydrogen) atoms. The van der Waals surface area contributed by atoms with Crippen LogP contribution in [0.1, 0.15) is 12.8 Å². The molecular formula is C23H21F2N3O4S2. The number of aromatic nitrogens is 1. The molecule has 1 aromatic heterocycles. The van der Waals surface area contributed by atoms with E-state index in [-0.39, 0.29) is 39.5 Å². The minimum absolute atomic E-state index is 0.0281. The predicted molar refractivity (Wildman–Crippen MR) is 124 cm³/mol. The van der Waals surface area contributed by atoms with Gasteiger partial charge in [-0.2, -0.15) is 9.30 Å². The average Bonchev–Trinajstić information content (AvgIpc) is 3.16. The minimum Gasteiger partial charge on any atom is -0.497 e. The summed E-state index contributed by atoms with van der Waals surface area (Å²) in [6.45, 7) is 0.194. The smallest absolute Gasteiger partial charge is 0.252 e. The van der Waals surface area contributed by atoms with Crippen molar-refractivity contribution in [1.29, 1.82) is 0 Å². The summed E-state index contributed by atoms with van der Waals surface area (Å²) in [5.41, 5.74) is 0.0725. The van der Waals surface area contributed by atoms with E-state index < -0.39 is 33.5 Å². The molecule has 7 nitrogen and oxygen atoms in total. The third-order valence-electron chi connectivity index (χ3n) is 5.58. The van der Waals surface area contributed by atoms with Crippen molar-refractivity contribution in [3.8, 4) is 18.1 Å². The maximum Gasteiger partial charge on any atom is 0.252 e. The maximum atomic E-state index is 14.4. The van der Waals surface area contributed by atoms with Crippen LogP contribution in [0.3, 0.4) is 0 Å². The first-order chi connectivity index (χ1) is 16.2. The van der Waals surface area contributed by atoms with E-state index in [0.717, 1.165) is 23.5 Å². The Morgan fingerprint density at radius 3 is 2.71 bits per heavy atom. The number of terminal acetylenes is 1. The second-order valence-corrected chi connectivity index (χ2v) is 10.7. The van der Waals surface area contributed by atoms with Crippen molar-refractivity contribution in [1.82, 2.24) is 8.87 Å². The van der Waals surface area contributed by atoms with Gasteiger partial charge >= 0.3 is 0 Å². The molecule has 1 amide bonds. The second kappa shape index (κ2) is 9.66. The number of carbonyl (C=O) groups excluding carboxylic acids is 1. The minimum atomic E-state index is -3.81. The van der Waals surface area contributed by atoms with Crippen LogP contribution in [0.15, 0.2) is 46.3 Å². The van der Waals surface area contributed by atoms with E-state index in [1.54, 1.807) is 12.1 Å². The number of fused-ring (bicyclic) bond motifs is 1. The molecule has 3 aromatic rings. The highest BCUT2D eigenvalue weighted by Crippen LogP contribution is 2.26. The number of ether oxygens (including phenoxy) is 1. The first kappa shape index (κ1) is 24.1. The predicted octanol–water partition coefficient (Wildman–Crippen LogP) is 3.15. The maximum absolute atomic E-state index is 14.4. The SMILES string of the molecule is C#CCn1c(=NC(=O)C2CCCN(S(=O)(=O)c3ccc(OC)cc3)C2)sc2cc(F)cc(F)c21. The van der Waals surface area contributed by atoms with Gasteiger partial charge in [-0.1, -0.05) is 17.3 Å². The van der Waals surface area contributed by atoms with Gasteiger partial charge in [0, 0.05) is 19.2 Å². The first-order valence-corrected chi connectivity index (χ1v) is 12.6. The van der Waals surface area contributed by atoms with Crippen LogP contribution in [-0.2, 0) is 21.4 Å². The highest BCUT2D eigenvalue weighted by Gasteiger charge is 2.33. The molecule has 1 atom stereocenters. The number of carbonyl (C=O) groups is 1. The molecule has 1 unspecified atom stereocenters. The van der Waals surface area contributed by atoms with E-state index in [1.165, 1.54) is 28.1 Å². The molecule has 2 aromatic carbocycles. The summed E-state index contributed by atoms with van der Waals surface area (Å²) in [6, 6.07) is 7.93. The fourth-order valence-corrected chi connectivity index (χ4v) is 6.50. The highest BCUT2D eigenvalue weighted by molar-refractivity contribution is 7.89. The molecule has 0 saturated carbocycles. The van der Waals surface area contributed by atoms with Crippen LogP contribution in [0.2, 0.25) is 0 Å². The van der Waals surface area contributed by atoms with Crippen molar-refractivity contribution in [2.24, 2.45) is 10.9 Å².